The Morgan fingerprint density at radius 3 is 2.26 bits per heavy atom. The zero-order valence-corrected chi connectivity index (χ0v) is 13.4. The molecule has 0 spiro atoms. The molecule has 2 rings (SSSR count). The number of allylic oxidation sites excluding steroid dienone is 4. The second-order valence-electron chi connectivity index (χ2n) is 5.95. The first-order chi connectivity index (χ1) is 11.0. The molecule has 1 aromatic rings. The Bertz CT molecular complexity index is 521. The second-order valence-corrected chi connectivity index (χ2v) is 5.95. The predicted molar refractivity (Wildman–Crippen MR) is 86.4 cm³/mol. The summed E-state index contributed by atoms with van der Waals surface area (Å²) in [4.78, 5) is 0. The third-order valence-electron chi connectivity index (χ3n) is 4.22. The Balaban J connectivity index is 1.85. The summed E-state index contributed by atoms with van der Waals surface area (Å²) in [5, 5.41) is 0. The molecule has 126 valence electrons. The van der Waals surface area contributed by atoms with Crippen LogP contribution in [0.15, 0.2) is 48.6 Å². The van der Waals surface area contributed by atoms with Crippen molar-refractivity contribution in [3.8, 4) is 5.75 Å². The minimum absolute atomic E-state index is 0.152. The van der Waals surface area contributed by atoms with Gasteiger partial charge >= 0.3 is 6.36 Å². The van der Waals surface area contributed by atoms with Gasteiger partial charge in [0, 0.05) is 0 Å². The second kappa shape index (κ2) is 8.23. The molecule has 1 aromatic carbocycles. The number of rotatable bonds is 5. The molecule has 0 aromatic heterocycles. The van der Waals surface area contributed by atoms with Gasteiger partial charge < -0.3 is 4.74 Å². The number of alkyl halides is 3. The molecule has 0 N–H and O–H groups in total. The van der Waals surface area contributed by atoms with Gasteiger partial charge in [0.2, 0.25) is 0 Å². The lowest BCUT2D eigenvalue weighted by atomic mass is 9.78. The van der Waals surface area contributed by atoms with E-state index < -0.39 is 6.36 Å². The number of hydrogen-bond acceptors (Lipinski definition) is 1. The predicted octanol–water partition coefficient (Wildman–Crippen LogP) is 6.38. The van der Waals surface area contributed by atoms with E-state index in [1.165, 1.54) is 12.1 Å². The molecule has 0 unspecified atom stereocenters. The molecular formula is C19H23F3O. The average Bonchev–Trinajstić information content (AvgIpc) is 2.52. The lowest BCUT2D eigenvalue weighted by Crippen LogP contribution is -2.17. The van der Waals surface area contributed by atoms with Gasteiger partial charge in [-0.15, -0.1) is 13.2 Å². The third kappa shape index (κ3) is 6.12. The van der Waals surface area contributed by atoms with Crippen LogP contribution in [0.5, 0.6) is 5.75 Å². The van der Waals surface area contributed by atoms with Crippen molar-refractivity contribution in [2.24, 2.45) is 5.92 Å². The van der Waals surface area contributed by atoms with Gasteiger partial charge in [-0.25, -0.2) is 0 Å². The first kappa shape index (κ1) is 17.6. The van der Waals surface area contributed by atoms with Gasteiger partial charge in [0.05, 0.1) is 0 Å². The molecule has 0 atom stereocenters. The Hall–Kier alpha value is -1.71. The topological polar surface area (TPSA) is 9.23 Å². The smallest absolute Gasteiger partial charge is 0.406 e. The quantitative estimate of drug-likeness (QED) is 0.571. The summed E-state index contributed by atoms with van der Waals surface area (Å²) in [6.45, 7) is 2.11. The van der Waals surface area contributed by atoms with E-state index in [0.717, 1.165) is 37.7 Å². The summed E-state index contributed by atoms with van der Waals surface area (Å²) < 4.78 is 40.4. The highest BCUT2D eigenvalue weighted by Crippen LogP contribution is 2.37. The summed E-state index contributed by atoms with van der Waals surface area (Å²) in [5.74, 6) is 0.895. The Morgan fingerprint density at radius 2 is 1.70 bits per heavy atom. The molecule has 0 saturated heterocycles. The molecule has 1 aliphatic rings. The van der Waals surface area contributed by atoms with E-state index in [1.807, 2.05) is 0 Å². The van der Waals surface area contributed by atoms with Gasteiger partial charge in [0.25, 0.3) is 0 Å². The van der Waals surface area contributed by atoms with E-state index >= 15 is 0 Å². The van der Waals surface area contributed by atoms with Crippen molar-refractivity contribution < 1.29 is 17.9 Å². The molecule has 0 heterocycles. The molecule has 0 aliphatic heterocycles. The highest BCUT2D eigenvalue weighted by molar-refractivity contribution is 5.30. The van der Waals surface area contributed by atoms with Crippen LogP contribution < -0.4 is 4.74 Å². The van der Waals surface area contributed by atoms with E-state index in [-0.39, 0.29) is 5.75 Å². The minimum atomic E-state index is -4.63. The molecule has 0 bridgehead atoms. The molecule has 23 heavy (non-hydrogen) atoms. The third-order valence-corrected chi connectivity index (χ3v) is 4.22. The maximum Gasteiger partial charge on any atom is 0.573 e. The van der Waals surface area contributed by atoms with Crippen LogP contribution in [0.3, 0.4) is 0 Å². The fourth-order valence-electron chi connectivity index (χ4n) is 3.02. The summed E-state index contributed by atoms with van der Waals surface area (Å²) in [6, 6.07) is 6.33. The van der Waals surface area contributed by atoms with Gasteiger partial charge in [-0.2, -0.15) is 0 Å². The van der Waals surface area contributed by atoms with Crippen molar-refractivity contribution >= 4 is 0 Å². The van der Waals surface area contributed by atoms with E-state index in [2.05, 4.69) is 36.0 Å². The molecule has 0 radical (unpaired) electrons. The van der Waals surface area contributed by atoms with Crippen LogP contribution in [-0.2, 0) is 0 Å². The molecule has 1 aliphatic carbocycles. The van der Waals surface area contributed by atoms with Crippen molar-refractivity contribution in [3.05, 3.63) is 54.1 Å². The van der Waals surface area contributed by atoms with Crippen molar-refractivity contribution in [3.63, 3.8) is 0 Å². The van der Waals surface area contributed by atoms with Gasteiger partial charge in [0.15, 0.2) is 0 Å². The molecular weight excluding hydrogens is 301 g/mol. The standard InChI is InChI=1S/C19H23F3O/c1-2-3-4-5-6-15-7-9-16(10-8-15)17-11-13-18(14-12-17)23-19(20,21)22/h3-6,11-16H,2,7-10H2,1H3/b4-3?,6-5+. The fourth-order valence-corrected chi connectivity index (χ4v) is 3.02. The van der Waals surface area contributed by atoms with E-state index in [0.29, 0.717) is 11.8 Å². The van der Waals surface area contributed by atoms with E-state index in [1.54, 1.807) is 12.1 Å². The van der Waals surface area contributed by atoms with Crippen molar-refractivity contribution in [2.75, 3.05) is 0 Å². The maximum atomic E-state index is 12.2. The zero-order valence-electron chi connectivity index (χ0n) is 13.4. The SMILES string of the molecule is CCC=C/C=C/C1CCC(c2ccc(OC(F)(F)F)cc2)CC1. The average molecular weight is 324 g/mol. The van der Waals surface area contributed by atoms with Gasteiger partial charge in [-0.1, -0.05) is 43.4 Å². The van der Waals surface area contributed by atoms with Crippen molar-refractivity contribution in [2.45, 2.75) is 51.3 Å². The lowest BCUT2D eigenvalue weighted by molar-refractivity contribution is -0.274. The highest BCUT2D eigenvalue weighted by atomic mass is 19.4. The summed E-state index contributed by atoms with van der Waals surface area (Å²) >= 11 is 0. The largest absolute Gasteiger partial charge is 0.573 e. The van der Waals surface area contributed by atoms with Crippen LogP contribution in [0.2, 0.25) is 0 Å². The van der Waals surface area contributed by atoms with Crippen LogP contribution in [0, 0.1) is 5.92 Å². The van der Waals surface area contributed by atoms with Crippen molar-refractivity contribution in [1.29, 1.82) is 0 Å². The monoisotopic (exact) mass is 324 g/mol. The van der Waals surface area contributed by atoms with E-state index in [4.69, 9.17) is 0 Å². The Kier molecular flexibility index (Phi) is 6.31. The zero-order chi connectivity index (χ0) is 16.7. The molecule has 4 heteroatoms. The number of halogens is 3. The first-order valence-electron chi connectivity index (χ1n) is 8.17. The maximum absolute atomic E-state index is 12.2. The summed E-state index contributed by atoms with van der Waals surface area (Å²) in [6.07, 6.45) is 9.43. The molecule has 1 fully saturated rings. The normalized spacial score (nSPS) is 22.8. The first-order valence-corrected chi connectivity index (χ1v) is 8.17. The van der Waals surface area contributed by atoms with Crippen molar-refractivity contribution in [1.82, 2.24) is 0 Å². The molecule has 1 saturated carbocycles. The minimum Gasteiger partial charge on any atom is -0.406 e. The lowest BCUT2D eigenvalue weighted by Gasteiger charge is -2.27. The van der Waals surface area contributed by atoms with Gasteiger partial charge in [-0.05, 0) is 61.6 Å². The highest BCUT2D eigenvalue weighted by Gasteiger charge is 2.31. The molecule has 0 amide bonds. The van der Waals surface area contributed by atoms with Crippen LogP contribution >= 0.6 is 0 Å². The number of ether oxygens (including phenoxy) is 1. The van der Waals surface area contributed by atoms with Gasteiger partial charge in [-0.3, -0.25) is 0 Å². The fraction of sp³-hybridized carbons (Fsp3) is 0.474. The van der Waals surface area contributed by atoms with Crippen LogP contribution in [0.25, 0.3) is 0 Å². The van der Waals surface area contributed by atoms with Crippen LogP contribution in [-0.4, -0.2) is 6.36 Å². The Morgan fingerprint density at radius 1 is 1.04 bits per heavy atom. The van der Waals surface area contributed by atoms with Crippen LogP contribution in [0.4, 0.5) is 13.2 Å². The van der Waals surface area contributed by atoms with Crippen LogP contribution in [0.1, 0.15) is 50.5 Å². The number of hydrogen-bond donors (Lipinski definition) is 0. The molecule has 1 nitrogen and oxygen atoms in total. The summed E-state index contributed by atoms with van der Waals surface area (Å²) in [7, 11) is 0. The van der Waals surface area contributed by atoms with E-state index in [9.17, 15) is 13.2 Å². The van der Waals surface area contributed by atoms with Gasteiger partial charge in [0.1, 0.15) is 5.75 Å². The summed E-state index contributed by atoms with van der Waals surface area (Å²) in [5.41, 5.74) is 1.10. The number of benzene rings is 1. The Labute approximate surface area is 135 Å².